The Bertz CT molecular complexity index is 376. The summed E-state index contributed by atoms with van der Waals surface area (Å²) in [7, 11) is 1.69. The smallest absolute Gasteiger partial charge is 0.136 e. The van der Waals surface area contributed by atoms with Crippen LogP contribution in [-0.4, -0.2) is 26.8 Å². The minimum Gasteiger partial charge on any atom is -0.495 e. The minimum absolute atomic E-state index is 0.109. The van der Waals surface area contributed by atoms with Gasteiger partial charge in [0.25, 0.3) is 0 Å². The quantitative estimate of drug-likeness (QED) is 0.905. The minimum atomic E-state index is 0.109. The Balaban J connectivity index is 2.33. The first-order valence-electron chi connectivity index (χ1n) is 5.39. The van der Waals surface area contributed by atoms with E-state index < -0.39 is 0 Å². The summed E-state index contributed by atoms with van der Waals surface area (Å²) in [4.78, 5) is 0. The van der Waals surface area contributed by atoms with Crippen molar-refractivity contribution in [2.24, 2.45) is 0 Å². The van der Waals surface area contributed by atoms with Crippen molar-refractivity contribution in [2.75, 3.05) is 26.8 Å². The first-order chi connectivity index (χ1) is 7.74. The van der Waals surface area contributed by atoms with Gasteiger partial charge in [-0.05, 0) is 34.0 Å². The maximum atomic E-state index is 5.74. The van der Waals surface area contributed by atoms with Crippen LogP contribution >= 0.6 is 15.9 Å². The van der Waals surface area contributed by atoms with Gasteiger partial charge in [-0.1, -0.05) is 12.1 Å². The standard InChI is InChI=1S/C12H16BrNO2/c1-8-3-4-9(11(13)12(8)15-2)10-7-14-5-6-16-10/h3-4,10,14H,5-7H2,1-2H3. The summed E-state index contributed by atoms with van der Waals surface area (Å²) in [6, 6.07) is 4.16. The Hall–Kier alpha value is -0.580. The number of benzene rings is 1. The van der Waals surface area contributed by atoms with Crippen molar-refractivity contribution in [3.05, 3.63) is 27.7 Å². The van der Waals surface area contributed by atoms with Crippen LogP contribution in [0.4, 0.5) is 0 Å². The molecule has 1 saturated heterocycles. The molecular formula is C12H16BrNO2. The fourth-order valence-corrected chi connectivity index (χ4v) is 2.79. The van der Waals surface area contributed by atoms with Crippen LogP contribution in [0, 0.1) is 6.92 Å². The molecule has 4 heteroatoms. The number of halogens is 1. The van der Waals surface area contributed by atoms with E-state index in [-0.39, 0.29) is 6.10 Å². The molecule has 0 bridgehead atoms. The lowest BCUT2D eigenvalue weighted by molar-refractivity contribution is 0.0271. The van der Waals surface area contributed by atoms with Crippen molar-refractivity contribution in [3.63, 3.8) is 0 Å². The molecule has 2 rings (SSSR count). The second-order valence-corrected chi connectivity index (χ2v) is 4.68. The van der Waals surface area contributed by atoms with Crippen molar-refractivity contribution in [2.45, 2.75) is 13.0 Å². The van der Waals surface area contributed by atoms with Gasteiger partial charge in [0.05, 0.1) is 24.3 Å². The van der Waals surface area contributed by atoms with Crippen LogP contribution in [0.2, 0.25) is 0 Å². The van der Waals surface area contributed by atoms with Crippen LogP contribution in [0.5, 0.6) is 5.75 Å². The highest BCUT2D eigenvalue weighted by atomic mass is 79.9. The van der Waals surface area contributed by atoms with E-state index in [4.69, 9.17) is 9.47 Å². The van der Waals surface area contributed by atoms with Crippen LogP contribution in [0.15, 0.2) is 16.6 Å². The lowest BCUT2D eigenvalue weighted by Crippen LogP contribution is -2.33. The van der Waals surface area contributed by atoms with Gasteiger partial charge in [-0.15, -0.1) is 0 Å². The van der Waals surface area contributed by atoms with E-state index >= 15 is 0 Å². The normalized spacial score (nSPS) is 20.8. The monoisotopic (exact) mass is 285 g/mol. The molecule has 1 aliphatic heterocycles. The van der Waals surface area contributed by atoms with E-state index in [0.29, 0.717) is 0 Å². The average molecular weight is 286 g/mol. The van der Waals surface area contributed by atoms with Gasteiger partial charge in [0.15, 0.2) is 0 Å². The molecule has 1 fully saturated rings. The lowest BCUT2D eigenvalue weighted by Gasteiger charge is -2.25. The van der Waals surface area contributed by atoms with Gasteiger partial charge in [-0.25, -0.2) is 0 Å². The molecule has 16 heavy (non-hydrogen) atoms. The molecule has 1 aromatic carbocycles. The number of hydrogen-bond donors (Lipinski definition) is 1. The summed E-state index contributed by atoms with van der Waals surface area (Å²) in [5.41, 5.74) is 2.27. The third kappa shape index (κ3) is 2.24. The summed E-state index contributed by atoms with van der Waals surface area (Å²) in [6.07, 6.45) is 0.109. The first kappa shape index (κ1) is 11.9. The Morgan fingerprint density at radius 2 is 2.31 bits per heavy atom. The summed E-state index contributed by atoms with van der Waals surface area (Å²) in [5, 5.41) is 3.33. The van der Waals surface area contributed by atoms with Crippen molar-refractivity contribution >= 4 is 15.9 Å². The van der Waals surface area contributed by atoms with E-state index in [0.717, 1.165) is 41.0 Å². The maximum Gasteiger partial charge on any atom is 0.136 e. The second kappa shape index (κ2) is 5.17. The zero-order valence-corrected chi connectivity index (χ0v) is 11.1. The van der Waals surface area contributed by atoms with Crippen molar-refractivity contribution in [3.8, 4) is 5.75 Å². The Morgan fingerprint density at radius 1 is 1.50 bits per heavy atom. The Labute approximate surface area is 104 Å². The largest absolute Gasteiger partial charge is 0.495 e. The third-order valence-corrected chi connectivity index (χ3v) is 3.62. The summed E-state index contributed by atoms with van der Waals surface area (Å²) in [5.74, 6) is 0.895. The molecular weight excluding hydrogens is 270 g/mol. The predicted octanol–water partition coefficient (Wildman–Crippen LogP) is 2.43. The number of hydrogen-bond acceptors (Lipinski definition) is 3. The fourth-order valence-electron chi connectivity index (χ4n) is 1.93. The van der Waals surface area contributed by atoms with Crippen molar-refractivity contribution in [1.29, 1.82) is 0 Å². The highest BCUT2D eigenvalue weighted by Crippen LogP contribution is 2.36. The molecule has 1 aromatic rings. The lowest BCUT2D eigenvalue weighted by atomic mass is 10.1. The Morgan fingerprint density at radius 3 is 2.94 bits per heavy atom. The third-order valence-electron chi connectivity index (χ3n) is 2.80. The highest BCUT2D eigenvalue weighted by molar-refractivity contribution is 9.10. The molecule has 1 unspecified atom stereocenters. The molecule has 1 heterocycles. The summed E-state index contributed by atoms with van der Waals surface area (Å²) >= 11 is 3.60. The molecule has 0 radical (unpaired) electrons. The first-order valence-corrected chi connectivity index (χ1v) is 6.18. The molecule has 0 saturated carbocycles. The van der Waals surface area contributed by atoms with E-state index in [1.165, 1.54) is 0 Å². The molecule has 1 aliphatic rings. The van der Waals surface area contributed by atoms with E-state index in [1.807, 2.05) is 6.92 Å². The molecule has 0 aliphatic carbocycles. The average Bonchev–Trinajstić information content (AvgIpc) is 2.31. The maximum absolute atomic E-state index is 5.74. The number of methoxy groups -OCH3 is 1. The molecule has 0 amide bonds. The summed E-state index contributed by atoms with van der Waals surface area (Å²) < 4.78 is 12.1. The molecule has 0 spiro atoms. The molecule has 3 nitrogen and oxygen atoms in total. The molecule has 0 aromatic heterocycles. The van der Waals surface area contributed by atoms with Crippen LogP contribution in [0.1, 0.15) is 17.2 Å². The zero-order chi connectivity index (χ0) is 11.5. The van der Waals surface area contributed by atoms with Gasteiger partial charge >= 0.3 is 0 Å². The van der Waals surface area contributed by atoms with Gasteiger partial charge in [0, 0.05) is 13.1 Å². The summed E-state index contributed by atoms with van der Waals surface area (Å²) in [6.45, 7) is 4.57. The molecule has 88 valence electrons. The Kier molecular flexibility index (Phi) is 3.84. The fraction of sp³-hybridized carbons (Fsp3) is 0.500. The van der Waals surface area contributed by atoms with Crippen LogP contribution in [-0.2, 0) is 4.74 Å². The predicted molar refractivity (Wildman–Crippen MR) is 67.0 cm³/mol. The number of nitrogens with one attached hydrogen (secondary N) is 1. The van der Waals surface area contributed by atoms with E-state index in [2.05, 4.69) is 33.4 Å². The van der Waals surface area contributed by atoms with E-state index in [1.54, 1.807) is 7.11 Å². The molecule has 1 atom stereocenters. The number of rotatable bonds is 2. The zero-order valence-electron chi connectivity index (χ0n) is 9.55. The highest BCUT2D eigenvalue weighted by Gasteiger charge is 2.20. The van der Waals surface area contributed by atoms with Gasteiger partial charge in [-0.2, -0.15) is 0 Å². The number of ether oxygens (including phenoxy) is 2. The van der Waals surface area contributed by atoms with Crippen molar-refractivity contribution in [1.82, 2.24) is 5.32 Å². The number of aryl methyl sites for hydroxylation is 1. The van der Waals surface area contributed by atoms with Crippen LogP contribution in [0.25, 0.3) is 0 Å². The molecule has 1 N–H and O–H groups in total. The second-order valence-electron chi connectivity index (χ2n) is 3.88. The SMILES string of the molecule is COc1c(C)ccc(C2CNCCO2)c1Br. The topological polar surface area (TPSA) is 30.5 Å². The van der Waals surface area contributed by atoms with E-state index in [9.17, 15) is 0 Å². The van der Waals surface area contributed by atoms with Crippen LogP contribution in [0.3, 0.4) is 0 Å². The van der Waals surface area contributed by atoms with Crippen molar-refractivity contribution < 1.29 is 9.47 Å². The van der Waals surface area contributed by atoms with Gasteiger partial charge in [0.2, 0.25) is 0 Å². The number of morpholine rings is 1. The van der Waals surface area contributed by atoms with Gasteiger partial charge in [0.1, 0.15) is 5.75 Å². The van der Waals surface area contributed by atoms with Gasteiger partial charge < -0.3 is 14.8 Å². The van der Waals surface area contributed by atoms with Gasteiger partial charge in [-0.3, -0.25) is 0 Å². The van der Waals surface area contributed by atoms with Crippen LogP contribution < -0.4 is 10.1 Å².